The molecule has 18 heavy (non-hydrogen) atoms. The number of imidazole rings is 1. The molecule has 2 N–H and O–H groups in total. The first-order chi connectivity index (χ1) is 8.69. The van der Waals surface area contributed by atoms with Crippen molar-refractivity contribution in [3.05, 3.63) is 30.1 Å². The minimum atomic E-state index is 0.423. The van der Waals surface area contributed by atoms with Gasteiger partial charge in [-0.15, -0.1) is 0 Å². The van der Waals surface area contributed by atoms with Gasteiger partial charge in [0, 0.05) is 25.9 Å². The Kier molecular flexibility index (Phi) is 3.53. The van der Waals surface area contributed by atoms with E-state index in [0.29, 0.717) is 6.54 Å². The second-order valence-electron chi connectivity index (χ2n) is 3.94. The van der Waals surface area contributed by atoms with Gasteiger partial charge in [-0.1, -0.05) is 0 Å². The number of ether oxygens (including phenoxy) is 2. The number of nitrogens with zero attached hydrogens (tertiary/aromatic N) is 2. The van der Waals surface area contributed by atoms with Gasteiger partial charge in [0.25, 0.3) is 0 Å². The maximum atomic E-state index is 5.60. The molecule has 1 heterocycles. The van der Waals surface area contributed by atoms with Crippen LogP contribution in [0.3, 0.4) is 0 Å². The highest BCUT2D eigenvalue weighted by molar-refractivity contribution is 5.66. The number of methoxy groups -OCH3 is 2. The van der Waals surface area contributed by atoms with Gasteiger partial charge >= 0.3 is 0 Å². The molecular formula is C13H17N3O2. The van der Waals surface area contributed by atoms with E-state index in [9.17, 15) is 0 Å². The SMILES string of the molecule is COc1ccc(-c2nc(CN)cn2C)c(OC)c1. The van der Waals surface area contributed by atoms with Crippen LogP contribution in [0, 0.1) is 0 Å². The van der Waals surface area contributed by atoms with Gasteiger partial charge in [-0.05, 0) is 12.1 Å². The summed E-state index contributed by atoms with van der Waals surface area (Å²) in [5.74, 6) is 2.31. The second kappa shape index (κ2) is 5.10. The van der Waals surface area contributed by atoms with Crippen LogP contribution < -0.4 is 15.2 Å². The molecule has 0 aliphatic carbocycles. The Morgan fingerprint density at radius 3 is 2.61 bits per heavy atom. The highest BCUT2D eigenvalue weighted by Gasteiger charge is 2.13. The fraction of sp³-hybridized carbons (Fsp3) is 0.308. The Labute approximate surface area is 106 Å². The van der Waals surface area contributed by atoms with E-state index in [-0.39, 0.29) is 0 Å². The zero-order valence-corrected chi connectivity index (χ0v) is 10.8. The number of hydrogen-bond acceptors (Lipinski definition) is 4. The Morgan fingerprint density at radius 1 is 1.28 bits per heavy atom. The molecule has 0 aliphatic rings. The number of hydrogen-bond donors (Lipinski definition) is 1. The molecule has 0 spiro atoms. The quantitative estimate of drug-likeness (QED) is 0.890. The summed E-state index contributed by atoms with van der Waals surface area (Å²) in [6.45, 7) is 0.423. The van der Waals surface area contributed by atoms with Crippen molar-refractivity contribution in [1.82, 2.24) is 9.55 Å². The summed E-state index contributed by atoms with van der Waals surface area (Å²) in [7, 11) is 5.19. The monoisotopic (exact) mass is 247 g/mol. The van der Waals surface area contributed by atoms with Crippen LogP contribution in [0.1, 0.15) is 5.69 Å². The van der Waals surface area contributed by atoms with E-state index in [1.165, 1.54) is 0 Å². The molecule has 0 saturated carbocycles. The summed E-state index contributed by atoms with van der Waals surface area (Å²) in [5, 5.41) is 0. The summed E-state index contributed by atoms with van der Waals surface area (Å²) in [6, 6.07) is 5.65. The third-order valence-electron chi connectivity index (χ3n) is 2.79. The van der Waals surface area contributed by atoms with Gasteiger partial charge in [0.1, 0.15) is 17.3 Å². The van der Waals surface area contributed by atoms with Crippen molar-refractivity contribution < 1.29 is 9.47 Å². The molecule has 0 saturated heterocycles. The van der Waals surface area contributed by atoms with Crippen molar-refractivity contribution in [3.8, 4) is 22.9 Å². The number of rotatable bonds is 4. The Balaban J connectivity index is 2.52. The lowest BCUT2D eigenvalue weighted by Gasteiger charge is -2.10. The van der Waals surface area contributed by atoms with Gasteiger partial charge in [-0.25, -0.2) is 4.98 Å². The van der Waals surface area contributed by atoms with E-state index in [2.05, 4.69) is 4.98 Å². The summed E-state index contributed by atoms with van der Waals surface area (Å²) in [6.07, 6.45) is 1.92. The van der Waals surface area contributed by atoms with E-state index < -0.39 is 0 Å². The maximum Gasteiger partial charge on any atom is 0.143 e. The van der Waals surface area contributed by atoms with Gasteiger partial charge < -0.3 is 19.8 Å². The third kappa shape index (κ3) is 2.17. The summed E-state index contributed by atoms with van der Waals surface area (Å²) >= 11 is 0. The van der Waals surface area contributed by atoms with Crippen LogP contribution in [0.15, 0.2) is 24.4 Å². The van der Waals surface area contributed by atoms with Gasteiger partial charge in [0.15, 0.2) is 0 Å². The molecule has 5 nitrogen and oxygen atoms in total. The maximum absolute atomic E-state index is 5.60. The zero-order chi connectivity index (χ0) is 13.1. The van der Waals surface area contributed by atoms with Crippen molar-refractivity contribution in [2.75, 3.05) is 14.2 Å². The van der Waals surface area contributed by atoms with Crippen LogP contribution in [-0.2, 0) is 13.6 Å². The molecule has 0 radical (unpaired) electrons. The van der Waals surface area contributed by atoms with Gasteiger partial charge in [-0.2, -0.15) is 0 Å². The Morgan fingerprint density at radius 2 is 2.06 bits per heavy atom. The highest BCUT2D eigenvalue weighted by Crippen LogP contribution is 2.32. The summed E-state index contributed by atoms with van der Waals surface area (Å²) in [5.41, 5.74) is 7.37. The van der Waals surface area contributed by atoms with Gasteiger partial charge in [-0.3, -0.25) is 0 Å². The average molecular weight is 247 g/mol. The van der Waals surface area contributed by atoms with Crippen LogP contribution in [-0.4, -0.2) is 23.8 Å². The van der Waals surface area contributed by atoms with E-state index >= 15 is 0 Å². The summed E-state index contributed by atoms with van der Waals surface area (Å²) < 4.78 is 12.5. The van der Waals surface area contributed by atoms with Gasteiger partial charge in [0.05, 0.1) is 25.5 Å². The number of aromatic nitrogens is 2. The van der Waals surface area contributed by atoms with E-state index in [1.54, 1.807) is 14.2 Å². The topological polar surface area (TPSA) is 62.3 Å². The van der Waals surface area contributed by atoms with E-state index in [0.717, 1.165) is 28.6 Å². The third-order valence-corrected chi connectivity index (χ3v) is 2.79. The van der Waals surface area contributed by atoms with Crippen LogP contribution in [0.4, 0.5) is 0 Å². The molecule has 1 aromatic carbocycles. The highest BCUT2D eigenvalue weighted by atomic mass is 16.5. The van der Waals surface area contributed by atoms with Crippen LogP contribution in [0.5, 0.6) is 11.5 Å². The predicted octanol–water partition coefficient (Wildman–Crippen LogP) is 1.56. The smallest absolute Gasteiger partial charge is 0.143 e. The van der Waals surface area contributed by atoms with Crippen LogP contribution in [0.25, 0.3) is 11.4 Å². The first-order valence-corrected chi connectivity index (χ1v) is 5.64. The molecule has 2 aromatic rings. The second-order valence-corrected chi connectivity index (χ2v) is 3.94. The normalized spacial score (nSPS) is 10.4. The zero-order valence-electron chi connectivity index (χ0n) is 10.8. The first-order valence-electron chi connectivity index (χ1n) is 5.64. The first kappa shape index (κ1) is 12.4. The molecule has 0 fully saturated rings. The fourth-order valence-electron chi connectivity index (χ4n) is 1.86. The minimum absolute atomic E-state index is 0.423. The van der Waals surface area contributed by atoms with E-state index in [1.807, 2.05) is 36.0 Å². The Hall–Kier alpha value is -2.01. The van der Waals surface area contributed by atoms with Crippen LogP contribution >= 0.6 is 0 Å². The van der Waals surface area contributed by atoms with Crippen molar-refractivity contribution in [1.29, 1.82) is 0 Å². The molecule has 2 rings (SSSR count). The van der Waals surface area contributed by atoms with E-state index in [4.69, 9.17) is 15.2 Å². The number of benzene rings is 1. The number of nitrogens with two attached hydrogens (primary N) is 1. The molecule has 0 unspecified atom stereocenters. The summed E-state index contributed by atoms with van der Waals surface area (Å²) in [4.78, 5) is 4.48. The molecule has 96 valence electrons. The average Bonchev–Trinajstić information content (AvgIpc) is 2.79. The van der Waals surface area contributed by atoms with Crippen molar-refractivity contribution in [2.45, 2.75) is 6.54 Å². The predicted molar refractivity (Wildman–Crippen MR) is 69.6 cm³/mol. The fourth-order valence-corrected chi connectivity index (χ4v) is 1.86. The molecule has 5 heteroatoms. The van der Waals surface area contributed by atoms with Crippen molar-refractivity contribution in [2.24, 2.45) is 12.8 Å². The lowest BCUT2D eigenvalue weighted by molar-refractivity contribution is 0.395. The lowest BCUT2D eigenvalue weighted by atomic mass is 10.2. The molecule has 0 amide bonds. The number of aryl methyl sites for hydroxylation is 1. The molecule has 1 aromatic heterocycles. The minimum Gasteiger partial charge on any atom is -0.497 e. The van der Waals surface area contributed by atoms with Gasteiger partial charge in [0.2, 0.25) is 0 Å². The largest absolute Gasteiger partial charge is 0.497 e. The molecule has 0 atom stereocenters. The van der Waals surface area contributed by atoms with Crippen molar-refractivity contribution in [3.63, 3.8) is 0 Å². The molecule has 0 bridgehead atoms. The molecular weight excluding hydrogens is 230 g/mol. The Bertz CT molecular complexity index is 549. The van der Waals surface area contributed by atoms with Crippen LogP contribution in [0.2, 0.25) is 0 Å². The standard InChI is InChI=1S/C13H17N3O2/c1-16-8-9(7-14)15-13(16)11-5-4-10(17-2)6-12(11)18-3/h4-6,8H,7,14H2,1-3H3. The van der Waals surface area contributed by atoms with Crippen molar-refractivity contribution >= 4 is 0 Å². The lowest BCUT2D eigenvalue weighted by Crippen LogP contribution is -1.96. The molecule has 0 aliphatic heterocycles.